The number of nitrogens with zero attached hydrogens (tertiary/aromatic N) is 1. The summed E-state index contributed by atoms with van der Waals surface area (Å²) in [5.41, 5.74) is 7.45. The predicted molar refractivity (Wildman–Crippen MR) is 80.0 cm³/mol. The molecule has 0 bridgehead atoms. The summed E-state index contributed by atoms with van der Waals surface area (Å²) in [5.74, 6) is 0. The molecular formula is C15H25ClN2. The van der Waals surface area contributed by atoms with Gasteiger partial charge in [0, 0.05) is 17.1 Å². The average molecular weight is 269 g/mol. The highest BCUT2D eigenvalue weighted by molar-refractivity contribution is 6.30. The van der Waals surface area contributed by atoms with Gasteiger partial charge in [-0.15, -0.1) is 0 Å². The van der Waals surface area contributed by atoms with E-state index in [0.717, 1.165) is 31.0 Å². The first kappa shape index (κ1) is 15.5. The minimum Gasteiger partial charge on any atom is -0.326 e. The smallest absolute Gasteiger partial charge is 0.0496 e. The van der Waals surface area contributed by atoms with Crippen molar-refractivity contribution in [3.63, 3.8) is 0 Å². The molecule has 1 aromatic carbocycles. The molecule has 0 saturated carbocycles. The fourth-order valence-electron chi connectivity index (χ4n) is 2.47. The average Bonchev–Trinajstić information content (AvgIpc) is 2.32. The van der Waals surface area contributed by atoms with Gasteiger partial charge in [0.05, 0.1) is 0 Å². The molecule has 102 valence electrons. The maximum Gasteiger partial charge on any atom is 0.0496 e. The van der Waals surface area contributed by atoms with Crippen LogP contribution in [0.15, 0.2) is 24.3 Å². The SMILES string of the molecule is CCCN(CCC)C(c1ccc(Cl)cc1)C(C)N. The Labute approximate surface area is 116 Å². The topological polar surface area (TPSA) is 29.3 Å². The summed E-state index contributed by atoms with van der Waals surface area (Å²) in [6, 6.07) is 8.47. The molecule has 0 aliphatic rings. The van der Waals surface area contributed by atoms with E-state index >= 15 is 0 Å². The lowest BCUT2D eigenvalue weighted by Crippen LogP contribution is -2.40. The third kappa shape index (κ3) is 4.27. The highest BCUT2D eigenvalue weighted by atomic mass is 35.5. The molecule has 0 heterocycles. The zero-order valence-corrected chi connectivity index (χ0v) is 12.5. The van der Waals surface area contributed by atoms with E-state index in [0.29, 0.717) is 0 Å². The van der Waals surface area contributed by atoms with Gasteiger partial charge in [-0.1, -0.05) is 37.6 Å². The molecule has 0 amide bonds. The largest absolute Gasteiger partial charge is 0.326 e. The van der Waals surface area contributed by atoms with Crippen LogP contribution in [-0.4, -0.2) is 24.0 Å². The van der Waals surface area contributed by atoms with Crippen LogP contribution >= 0.6 is 11.6 Å². The standard InChI is InChI=1S/C15H25ClN2/c1-4-10-18(11-5-2)15(12(3)17)13-6-8-14(16)9-7-13/h6-9,12,15H,4-5,10-11,17H2,1-3H3. The highest BCUT2D eigenvalue weighted by Crippen LogP contribution is 2.25. The van der Waals surface area contributed by atoms with Crippen molar-refractivity contribution in [1.29, 1.82) is 0 Å². The van der Waals surface area contributed by atoms with Crippen LogP contribution in [0.5, 0.6) is 0 Å². The quantitative estimate of drug-likeness (QED) is 0.814. The molecule has 2 unspecified atom stereocenters. The van der Waals surface area contributed by atoms with Gasteiger partial charge in [-0.2, -0.15) is 0 Å². The van der Waals surface area contributed by atoms with Crippen molar-refractivity contribution in [2.24, 2.45) is 5.73 Å². The van der Waals surface area contributed by atoms with Crippen molar-refractivity contribution in [2.45, 2.75) is 45.7 Å². The van der Waals surface area contributed by atoms with Gasteiger partial charge < -0.3 is 5.73 Å². The number of rotatable bonds is 7. The molecule has 0 fully saturated rings. The molecule has 0 radical (unpaired) electrons. The Kier molecular flexibility index (Phi) is 6.69. The van der Waals surface area contributed by atoms with Crippen LogP contribution in [-0.2, 0) is 0 Å². The minimum absolute atomic E-state index is 0.115. The fraction of sp³-hybridized carbons (Fsp3) is 0.600. The van der Waals surface area contributed by atoms with Crippen LogP contribution in [0.2, 0.25) is 5.02 Å². The first-order valence-corrected chi connectivity index (χ1v) is 7.23. The lowest BCUT2D eigenvalue weighted by atomic mass is 9.98. The maximum atomic E-state index is 6.19. The van der Waals surface area contributed by atoms with E-state index in [1.165, 1.54) is 5.56 Å². The number of benzene rings is 1. The van der Waals surface area contributed by atoms with Crippen molar-refractivity contribution in [1.82, 2.24) is 4.90 Å². The molecule has 18 heavy (non-hydrogen) atoms. The van der Waals surface area contributed by atoms with Crippen LogP contribution in [0.4, 0.5) is 0 Å². The Morgan fingerprint density at radius 3 is 2.00 bits per heavy atom. The summed E-state index contributed by atoms with van der Waals surface area (Å²) < 4.78 is 0. The van der Waals surface area contributed by atoms with E-state index in [1.807, 2.05) is 12.1 Å². The molecule has 1 rings (SSSR count). The molecule has 0 aliphatic heterocycles. The number of halogens is 1. The second-order valence-corrected chi connectivity index (χ2v) is 5.33. The Bertz CT molecular complexity index is 329. The van der Waals surface area contributed by atoms with E-state index in [4.69, 9.17) is 17.3 Å². The van der Waals surface area contributed by atoms with Gasteiger partial charge in [0.2, 0.25) is 0 Å². The van der Waals surface area contributed by atoms with Gasteiger partial charge in [0.1, 0.15) is 0 Å². The molecular weight excluding hydrogens is 244 g/mol. The van der Waals surface area contributed by atoms with Crippen LogP contribution in [0.25, 0.3) is 0 Å². The van der Waals surface area contributed by atoms with Crippen molar-refractivity contribution in [3.8, 4) is 0 Å². The van der Waals surface area contributed by atoms with Crippen LogP contribution < -0.4 is 5.73 Å². The van der Waals surface area contributed by atoms with Gasteiger partial charge in [0.25, 0.3) is 0 Å². The first-order valence-electron chi connectivity index (χ1n) is 6.85. The molecule has 1 aromatic rings. The summed E-state index contributed by atoms with van der Waals surface area (Å²) in [4.78, 5) is 2.48. The highest BCUT2D eigenvalue weighted by Gasteiger charge is 2.22. The lowest BCUT2D eigenvalue weighted by Gasteiger charge is -2.34. The Balaban J connectivity index is 2.95. The van der Waals surface area contributed by atoms with Crippen molar-refractivity contribution in [2.75, 3.05) is 13.1 Å². The Hall–Kier alpha value is -0.570. The maximum absolute atomic E-state index is 6.19. The molecule has 3 heteroatoms. The molecule has 2 atom stereocenters. The third-order valence-corrected chi connectivity index (χ3v) is 3.38. The van der Waals surface area contributed by atoms with Crippen LogP contribution in [0.1, 0.15) is 45.2 Å². The first-order chi connectivity index (χ1) is 8.60. The summed E-state index contributed by atoms with van der Waals surface area (Å²) in [7, 11) is 0. The Morgan fingerprint density at radius 1 is 1.11 bits per heavy atom. The van der Waals surface area contributed by atoms with Crippen molar-refractivity contribution in [3.05, 3.63) is 34.9 Å². The molecule has 0 aromatic heterocycles. The second-order valence-electron chi connectivity index (χ2n) is 4.89. The van der Waals surface area contributed by atoms with E-state index < -0.39 is 0 Å². The number of nitrogens with two attached hydrogens (primary N) is 1. The summed E-state index contributed by atoms with van der Waals surface area (Å²) in [5, 5.41) is 0.778. The summed E-state index contributed by atoms with van der Waals surface area (Å²) in [6.07, 6.45) is 2.30. The van der Waals surface area contributed by atoms with Crippen LogP contribution in [0.3, 0.4) is 0 Å². The van der Waals surface area contributed by atoms with Gasteiger partial charge >= 0.3 is 0 Å². The molecule has 0 aliphatic carbocycles. The zero-order valence-electron chi connectivity index (χ0n) is 11.7. The second kappa shape index (κ2) is 7.78. The predicted octanol–water partition coefficient (Wildman–Crippen LogP) is 3.85. The molecule has 0 saturated heterocycles. The fourth-order valence-corrected chi connectivity index (χ4v) is 2.60. The monoisotopic (exact) mass is 268 g/mol. The molecule has 2 N–H and O–H groups in total. The van der Waals surface area contributed by atoms with E-state index in [9.17, 15) is 0 Å². The number of hydrogen-bond acceptors (Lipinski definition) is 2. The van der Waals surface area contributed by atoms with Crippen molar-refractivity contribution >= 4 is 11.6 Å². The minimum atomic E-state index is 0.115. The van der Waals surface area contributed by atoms with Gasteiger partial charge in [0.15, 0.2) is 0 Å². The third-order valence-electron chi connectivity index (χ3n) is 3.12. The van der Waals surface area contributed by atoms with Gasteiger partial charge in [-0.05, 0) is 50.6 Å². The van der Waals surface area contributed by atoms with Gasteiger partial charge in [-0.25, -0.2) is 0 Å². The molecule has 2 nitrogen and oxygen atoms in total. The number of hydrogen-bond donors (Lipinski definition) is 1. The van der Waals surface area contributed by atoms with Gasteiger partial charge in [-0.3, -0.25) is 4.90 Å². The Morgan fingerprint density at radius 2 is 1.61 bits per heavy atom. The normalized spacial score (nSPS) is 14.8. The van der Waals surface area contributed by atoms with E-state index in [2.05, 4.69) is 37.8 Å². The molecule has 0 spiro atoms. The zero-order chi connectivity index (χ0) is 13.5. The summed E-state index contributed by atoms with van der Waals surface area (Å²) in [6.45, 7) is 8.68. The van der Waals surface area contributed by atoms with E-state index in [1.54, 1.807) is 0 Å². The summed E-state index contributed by atoms with van der Waals surface area (Å²) >= 11 is 5.95. The lowest BCUT2D eigenvalue weighted by molar-refractivity contribution is 0.176. The van der Waals surface area contributed by atoms with Crippen molar-refractivity contribution < 1.29 is 0 Å². The van der Waals surface area contributed by atoms with Crippen LogP contribution in [0, 0.1) is 0 Å². The van der Waals surface area contributed by atoms with E-state index in [-0.39, 0.29) is 12.1 Å².